The minimum absolute atomic E-state index is 0.431. The van der Waals surface area contributed by atoms with E-state index in [0.717, 1.165) is 12.1 Å². The van der Waals surface area contributed by atoms with Gasteiger partial charge in [-0.1, -0.05) is 24.1 Å². The molecule has 1 aromatic carbocycles. The van der Waals surface area contributed by atoms with Crippen molar-refractivity contribution in [3.8, 4) is 5.75 Å². The summed E-state index contributed by atoms with van der Waals surface area (Å²) in [4.78, 5) is 2.51. The number of piperidine rings is 1. The largest absolute Gasteiger partial charge is 0.508 e. The summed E-state index contributed by atoms with van der Waals surface area (Å²) in [5.41, 5.74) is 2.28. The molecule has 0 spiro atoms. The maximum Gasteiger partial charge on any atom is 0.120 e. The molecule has 1 N–H and O–H groups in total. The highest BCUT2D eigenvalue weighted by Crippen LogP contribution is 2.27. The van der Waals surface area contributed by atoms with Crippen LogP contribution in [0.2, 0.25) is 0 Å². The predicted molar refractivity (Wildman–Crippen MR) is 71.2 cm³/mol. The normalized spacial score (nSPS) is 26.1. The summed E-state index contributed by atoms with van der Waals surface area (Å²) >= 11 is 0. The van der Waals surface area contributed by atoms with Gasteiger partial charge in [0.2, 0.25) is 0 Å². The average molecular weight is 233 g/mol. The van der Waals surface area contributed by atoms with Crippen LogP contribution in [0, 0.1) is 6.92 Å². The molecular weight excluding hydrogens is 210 g/mol. The highest BCUT2D eigenvalue weighted by atomic mass is 16.3. The summed E-state index contributed by atoms with van der Waals surface area (Å²) in [5, 5.41) is 9.91. The minimum atomic E-state index is 0.431. The van der Waals surface area contributed by atoms with Crippen LogP contribution in [0.1, 0.15) is 44.2 Å². The summed E-state index contributed by atoms with van der Waals surface area (Å²) in [6.07, 6.45) is 3.88. The van der Waals surface area contributed by atoms with E-state index in [2.05, 4.69) is 31.7 Å². The van der Waals surface area contributed by atoms with Gasteiger partial charge in [-0.2, -0.15) is 0 Å². The average Bonchev–Trinajstić information content (AvgIpc) is 2.28. The highest BCUT2D eigenvalue weighted by Gasteiger charge is 2.25. The van der Waals surface area contributed by atoms with E-state index in [9.17, 15) is 5.11 Å². The summed E-state index contributed by atoms with van der Waals surface area (Å²) in [7, 11) is 0. The monoisotopic (exact) mass is 233 g/mol. The van der Waals surface area contributed by atoms with Crippen molar-refractivity contribution in [3.05, 3.63) is 29.3 Å². The fourth-order valence-electron chi connectivity index (χ4n) is 2.82. The molecular formula is C15H23NO. The molecule has 1 saturated heterocycles. The van der Waals surface area contributed by atoms with Crippen molar-refractivity contribution in [2.45, 2.75) is 58.7 Å². The molecule has 2 nitrogen and oxygen atoms in total. The van der Waals surface area contributed by atoms with Gasteiger partial charge in [0.15, 0.2) is 0 Å². The molecule has 1 aliphatic heterocycles. The number of nitrogens with zero attached hydrogens (tertiary/aromatic N) is 1. The van der Waals surface area contributed by atoms with Crippen LogP contribution in [0.25, 0.3) is 0 Å². The topological polar surface area (TPSA) is 23.5 Å². The van der Waals surface area contributed by atoms with Crippen LogP contribution in [0.5, 0.6) is 5.75 Å². The van der Waals surface area contributed by atoms with Gasteiger partial charge in [0.05, 0.1) is 0 Å². The van der Waals surface area contributed by atoms with Crippen LogP contribution < -0.4 is 0 Å². The molecule has 0 aromatic heterocycles. The molecule has 0 aliphatic carbocycles. The summed E-state index contributed by atoms with van der Waals surface area (Å²) in [6.45, 7) is 7.53. The number of likely N-dealkylation sites (tertiary alicyclic amines) is 1. The zero-order chi connectivity index (χ0) is 12.4. The Bertz CT molecular complexity index is 379. The van der Waals surface area contributed by atoms with Gasteiger partial charge in [-0.25, -0.2) is 0 Å². The van der Waals surface area contributed by atoms with E-state index in [1.54, 1.807) is 0 Å². The lowest BCUT2D eigenvalue weighted by Gasteiger charge is -2.39. The third-order valence-corrected chi connectivity index (χ3v) is 3.96. The van der Waals surface area contributed by atoms with Crippen molar-refractivity contribution < 1.29 is 5.11 Å². The number of hydrogen-bond donors (Lipinski definition) is 1. The molecule has 0 amide bonds. The molecule has 1 heterocycles. The maximum absolute atomic E-state index is 9.91. The summed E-state index contributed by atoms with van der Waals surface area (Å²) in [5.74, 6) is 0.431. The molecule has 1 aliphatic rings. The molecule has 2 atom stereocenters. The Balaban J connectivity index is 2.16. The zero-order valence-corrected chi connectivity index (χ0v) is 11.1. The van der Waals surface area contributed by atoms with Crippen LogP contribution in [-0.4, -0.2) is 22.1 Å². The molecule has 1 aromatic rings. The molecule has 2 rings (SSSR count). The highest BCUT2D eigenvalue weighted by molar-refractivity contribution is 5.35. The molecule has 2 unspecified atom stereocenters. The van der Waals surface area contributed by atoms with Gasteiger partial charge in [-0.05, 0) is 39.7 Å². The maximum atomic E-state index is 9.91. The number of hydrogen-bond acceptors (Lipinski definition) is 2. The van der Waals surface area contributed by atoms with Crippen molar-refractivity contribution >= 4 is 0 Å². The second-order valence-corrected chi connectivity index (χ2v) is 5.43. The van der Waals surface area contributed by atoms with Crippen LogP contribution in [-0.2, 0) is 6.54 Å². The molecule has 94 valence electrons. The second kappa shape index (κ2) is 5.09. The fourth-order valence-corrected chi connectivity index (χ4v) is 2.82. The van der Waals surface area contributed by atoms with Gasteiger partial charge in [-0.15, -0.1) is 0 Å². The first-order chi connectivity index (χ1) is 8.08. The lowest BCUT2D eigenvalue weighted by molar-refractivity contribution is 0.0943. The van der Waals surface area contributed by atoms with Crippen molar-refractivity contribution in [1.82, 2.24) is 4.90 Å². The van der Waals surface area contributed by atoms with Crippen molar-refractivity contribution in [1.29, 1.82) is 0 Å². The Morgan fingerprint density at radius 2 is 1.88 bits per heavy atom. The van der Waals surface area contributed by atoms with E-state index in [-0.39, 0.29) is 0 Å². The van der Waals surface area contributed by atoms with E-state index >= 15 is 0 Å². The summed E-state index contributed by atoms with van der Waals surface area (Å²) in [6, 6.07) is 7.12. The lowest BCUT2D eigenvalue weighted by atomic mass is 9.96. The standard InChI is InChI=1S/C15H23NO/c1-11-7-8-15(17)14(9-11)10-16-12(2)5-4-6-13(16)3/h7-9,12-13,17H,4-6,10H2,1-3H3. The van der Waals surface area contributed by atoms with Crippen molar-refractivity contribution in [3.63, 3.8) is 0 Å². The van der Waals surface area contributed by atoms with Crippen LogP contribution in [0.3, 0.4) is 0 Å². The van der Waals surface area contributed by atoms with Crippen LogP contribution in [0.15, 0.2) is 18.2 Å². The van der Waals surface area contributed by atoms with E-state index < -0.39 is 0 Å². The van der Waals surface area contributed by atoms with Gasteiger partial charge in [-0.3, -0.25) is 4.90 Å². The first kappa shape index (κ1) is 12.4. The zero-order valence-electron chi connectivity index (χ0n) is 11.1. The third-order valence-electron chi connectivity index (χ3n) is 3.96. The fraction of sp³-hybridized carbons (Fsp3) is 0.600. The van der Waals surface area contributed by atoms with E-state index in [0.29, 0.717) is 17.8 Å². The predicted octanol–water partition coefficient (Wildman–Crippen LogP) is 3.46. The van der Waals surface area contributed by atoms with Crippen molar-refractivity contribution in [2.24, 2.45) is 0 Å². The Hall–Kier alpha value is -1.02. The molecule has 0 radical (unpaired) electrons. The second-order valence-electron chi connectivity index (χ2n) is 5.43. The number of aromatic hydroxyl groups is 1. The Morgan fingerprint density at radius 1 is 1.24 bits per heavy atom. The molecule has 0 saturated carbocycles. The van der Waals surface area contributed by atoms with Crippen LogP contribution in [0.4, 0.5) is 0 Å². The molecule has 1 fully saturated rings. The van der Waals surface area contributed by atoms with Crippen molar-refractivity contribution in [2.75, 3.05) is 0 Å². The number of rotatable bonds is 2. The van der Waals surface area contributed by atoms with Gasteiger partial charge in [0.1, 0.15) is 5.75 Å². The third kappa shape index (κ3) is 2.81. The number of phenolic OH excluding ortho intramolecular Hbond substituents is 1. The lowest BCUT2D eigenvalue weighted by Crippen LogP contribution is -2.42. The Kier molecular flexibility index (Phi) is 3.72. The molecule has 17 heavy (non-hydrogen) atoms. The molecule has 0 bridgehead atoms. The number of aryl methyl sites for hydroxylation is 1. The van der Waals surface area contributed by atoms with Gasteiger partial charge in [0, 0.05) is 24.2 Å². The number of phenols is 1. The van der Waals surface area contributed by atoms with Gasteiger partial charge < -0.3 is 5.11 Å². The van der Waals surface area contributed by atoms with Crippen LogP contribution >= 0.6 is 0 Å². The quantitative estimate of drug-likeness (QED) is 0.845. The van der Waals surface area contributed by atoms with Gasteiger partial charge in [0.25, 0.3) is 0 Å². The Labute approximate surface area is 104 Å². The van der Waals surface area contributed by atoms with E-state index in [4.69, 9.17) is 0 Å². The summed E-state index contributed by atoms with van der Waals surface area (Å²) < 4.78 is 0. The first-order valence-corrected chi connectivity index (χ1v) is 6.62. The number of benzene rings is 1. The van der Waals surface area contributed by atoms with E-state index in [1.807, 2.05) is 12.1 Å². The van der Waals surface area contributed by atoms with Gasteiger partial charge >= 0.3 is 0 Å². The SMILES string of the molecule is Cc1ccc(O)c(CN2C(C)CCCC2C)c1. The first-order valence-electron chi connectivity index (χ1n) is 6.62. The smallest absolute Gasteiger partial charge is 0.120 e. The molecule has 2 heteroatoms. The Morgan fingerprint density at radius 3 is 2.53 bits per heavy atom. The van der Waals surface area contributed by atoms with E-state index in [1.165, 1.54) is 24.8 Å². The minimum Gasteiger partial charge on any atom is -0.508 e.